The Bertz CT molecular complexity index is 711. The summed E-state index contributed by atoms with van der Waals surface area (Å²) in [5.41, 5.74) is 3.38. The topological polar surface area (TPSA) is 105 Å². The van der Waals surface area contributed by atoms with Gasteiger partial charge in [-0.3, -0.25) is 15.5 Å². The fourth-order valence-corrected chi connectivity index (χ4v) is 1.55. The highest BCUT2D eigenvalue weighted by Gasteiger charge is 2.07. The van der Waals surface area contributed by atoms with Crippen LogP contribution in [0.4, 0.5) is 17.2 Å². The zero-order chi connectivity index (χ0) is 16.7. The van der Waals surface area contributed by atoms with E-state index >= 15 is 0 Å². The first kappa shape index (κ1) is 16.2. The van der Waals surface area contributed by atoms with E-state index < -0.39 is 4.92 Å². The normalized spacial score (nSPS) is 11.9. The van der Waals surface area contributed by atoms with Crippen molar-refractivity contribution in [1.29, 1.82) is 0 Å². The second kappa shape index (κ2) is 7.74. The van der Waals surface area contributed by atoms with Gasteiger partial charge in [0.25, 0.3) is 5.69 Å². The van der Waals surface area contributed by atoms with Crippen LogP contribution in [0, 0.1) is 16.0 Å². The lowest BCUT2D eigenvalue weighted by atomic mass is 10.2. The number of hydrogen-bond acceptors (Lipinski definition) is 6. The summed E-state index contributed by atoms with van der Waals surface area (Å²) in [5, 5.41) is 23.0. The van der Waals surface area contributed by atoms with Gasteiger partial charge >= 0.3 is 0 Å². The molecule has 0 amide bonds. The van der Waals surface area contributed by atoms with E-state index in [0.29, 0.717) is 11.7 Å². The standard InChI is InChI=1S/C15H16N6O2/c1-11(2)15(19-17-12-6-4-3-5-7-12)20-18-14-9-8-13(10-16-14)21(22)23/h3-11H,1-2H3,(H,16,18)/b19-17+,20-15+. The van der Waals surface area contributed by atoms with Crippen LogP contribution < -0.4 is 5.43 Å². The Balaban J connectivity index is 2.09. The van der Waals surface area contributed by atoms with E-state index in [4.69, 9.17) is 0 Å². The zero-order valence-corrected chi connectivity index (χ0v) is 12.7. The summed E-state index contributed by atoms with van der Waals surface area (Å²) in [7, 11) is 0. The number of benzene rings is 1. The van der Waals surface area contributed by atoms with Gasteiger partial charge in [0.15, 0.2) is 5.84 Å². The molecule has 2 aromatic rings. The number of nitro groups is 1. The molecule has 0 radical (unpaired) electrons. The molecule has 2 rings (SSSR count). The molecule has 0 aliphatic heterocycles. The Morgan fingerprint density at radius 3 is 2.52 bits per heavy atom. The van der Waals surface area contributed by atoms with Crippen molar-refractivity contribution in [3.8, 4) is 0 Å². The zero-order valence-electron chi connectivity index (χ0n) is 12.7. The monoisotopic (exact) mass is 312 g/mol. The Labute approximate surface area is 133 Å². The van der Waals surface area contributed by atoms with Crippen molar-refractivity contribution in [2.75, 3.05) is 5.43 Å². The largest absolute Gasteiger partial charge is 0.287 e. The number of pyridine rings is 1. The van der Waals surface area contributed by atoms with Gasteiger partial charge in [-0.05, 0) is 18.2 Å². The Hall–Kier alpha value is -3.16. The maximum absolute atomic E-state index is 10.6. The number of hydrazone groups is 1. The number of anilines is 1. The van der Waals surface area contributed by atoms with Crippen molar-refractivity contribution < 1.29 is 4.92 Å². The summed E-state index contributed by atoms with van der Waals surface area (Å²) in [5.74, 6) is 0.936. The number of nitrogens with one attached hydrogen (secondary N) is 1. The molecule has 0 bridgehead atoms. The number of nitrogens with zero attached hydrogens (tertiary/aromatic N) is 5. The third-order valence-corrected chi connectivity index (χ3v) is 2.78. The lowest BCUT2D eigenvalue weighted by Gasteiger charge is -2.04. The predicted octanol–water partition coefficient (Wildman–Crippen LogP) is 4.16. The van der Waals surface area contributed by atoms with Crippen molar-refractivity contribution in [2.24, 2.45) is 21.2 Å². The third-order valence-electron chi connectivity index (χ3n) is 2.78. The molecule has 0 aliphatic rings. The molecule has 1 aromatic heterocycles. The smallest absolute Gasteiger partial charge is 0.260 e. The van der Waals surface area contributed by atoms with E-state index in [-0.39, 0.29) is 11.6 Å². The number of hydrogen-bond donors (Lipinski definition) is 1. The van der Waals surface area contributed by atoms with Crippen molar-refractivity contribution in [3.05, 3.63) is 58.8 Å². The lowest BCUT2D eigenvalue weighted by Crippen LogP contribution is -2.07. The minimum absolute atomic E-state index is 0.0491. The quantitative estimate of drug-likeness (QED) is 0.294. The minimum atomic E-state index is -0.506. The van der Waals surface area contributed by atoms with E-state index in [0.717, 1.165) is 5.69 Å². The van der Waals surface area contributed by atoms with Crippen LogP contribution in [0.5, 0.6) is 0 Å². The highest BCUT2D eigenvalue weighted by molar-refractivity contribution is 5.85. The first-order chi connectivity index (χ1) is 11.1. The van der Waals surface area contributed by atoms with Gasteiger partial charge < -0.3 is 0 Å². The molecule has 8 heteroatoms. The average Bonchev–Trinajstić information content (AvgIpc) is 2.56. The Morgan fingerprint density at radius 1 is 1.22 bits per heavy atom. The van der Waals surface area contributed by atoms with Gasteiger partial charge in [-0.15, -0.1) is 10.2 Å². The van der Waals surface area contributed by atoms with Crippen LogP contribution in [-0.4, -0.2) is 15.7 Å². The number of aromatic nitrogens is 1. The third kappa shape index (κ3) is 4.95. The van der Waals surface area contributed by atoms with Crippen LogP contribution >= 0.6 is 0 Å². The van der Waals surface area contributed by atoms with Gasteiger partial charge in [-0.2, -0.15) is 5.10 Å². The highest BCUT2D eigenvalue weighted by atomic mass is 16.6. The molecular formula is C15H16N6O2. The average molecular weight is 312 g/mol. The van der Waals surface area contributed by atoms with Crippen LogP contribution in [0.3, 0.4) is 0 Å². The molecule has 0 saturated carbocycles. The molecule has 0 saturated heterocycles. The summed E-state index contributed by atoms with van der Waals surface area (Å²) >= 11 is 0. The fourth-order valence-electron chi connectivity index (χ4n) is 1.55. The van der Waals surface area contributed by atoms with Gasteiger partial charge in [0.05, 0.1) is 10.6 Å². The highest BCUT2D eigenvalue weighted by Crippen LogP contribution is 2.14. The molecule has 118 valence electrons. The van der Waals surface area contributed by atoms with Gasteiger partial charge in [-0.25, -0.2) is 4.98 Å². The summed E-state index contributed by atoms with van der Waals surface area (Å²) in [6.07, 6.45) is 1.17. The second-order valence-electron chi connectivity index (χ2n) is 4.93. The van der Waals surface area contributed by atoms with Crippen LogP contribution in [0.1, 0.15) is 13.8 Å². The molecule has 23 heavy (non-hydrogen) atoms. The van der Waals surface area contributed by atoms with Crippen molar-refractivity contribution in [2.45, 2.75) is 13.8 Å². The molecule has 8 nitrogen and oxygen atoms in total. The predicted molar refractivity (Wildman–Crippen MR) is 87.7 cm³/mol. The Kier molecular flexibility index (Phi) is 5.45. The van der Waals surface area contributed by atoms with Crippen molar-refractivity contribution in [1.82, 2.24) is 4.98 Å². The first-order valence-corrected chi connectivity index (χ1v) is 6.97. The second-order valence-corrected chi connectivity index (χ2v) is 4.93. The minimum Gasteiger partial charge on any atom is -0.260 e. The molecule has 1 N–H and O–H groups in total. The van der Waals surface area contributed by atoms with Crippen LogP contribution in [0.2, 0.25) is 0 Å². The lowest BCUT2D eigenvalue weighted by molar-refractivity contribution is -0.385. The Morgan fingerprint density at radius 2 is 1.96 bits per heavy atom. The molecule has 1 aromatic carbocycles. The van der Waals surface area contributed by atoms with Gasteiger partial charge in [0.1, 0.15) is 12.0 Å². The van der Waals surface area contributed by atoms with Gasteiger partial charge in [0.2, 0.25) is 0 Å². The van der Waals surface area contributed by atoms with Crippen molar-refractivity contribution in [3.63, 3.8) is 0 Å². The fraction of sp³-hybridized carbons (Fsp3) is 0.200. The van der Waals surface area contributed by atoms with E-state index in [2.05, 4.69) is 25.7 Å². The molecule has 0 aliphatic carbocycles. The molecule has 0 atom stereocenters. The summed E-state index contributed by atoms with van der Waals surface area (Å²) in [6, 6.07) is 12.2. The maximum Gasteiger partial charge on any atom is 0.287 e. The molecular weight excluding hydrogens is 296 g/mol. The SMILES string of the molecule is CC(C)C(/N=N/c1ccccc1)=N\Nc1ccc([N+](=O)[O-])cn1. The van der Waals surface area contributed by atoms with Crippen LogP contribution in [0.25, 0.3) is 0 Å². The van der Waals surface area contributed by atoms with E-state index in [9.17, 15) is 10.1 Å². The van der Waals surface area contributed by atoms with Crippen LogP contribution in [0.15, 0.2) is 64.0 Å². The van der Waals surface area contributed by atoms with Gasteiger partial charge in [0, 0.05) is 12.0 Å². The van der Waals surface area contributed by atoms with Crippen molar-refractivity contribution >= 4 is 23.0 Å². The summed E-state index contributed by atoms with van der Waals surface area (Å²) in [6.45, 7) is 3.88. The number of amidine groups is 1. The van der Waals surface area contributed by atoms with E-state index in [1.165, 1.54) is 18.3 Å². The molecule has 0 fully saturated rings. The summed E-state index contributed by atoms with van der Waals surface area (Å²) < 4.78 is 0. The summed E-state index contributed by atoms with van der Waals surface area (Å²) in [4.78, 5) is 14.0. The van der Waals surface area contributed by atoms with Gasteiger partial charge in [-0.1, -0.05) is 32.0 Å². The van der Waals surface area contributed by atoms with E-state index in [1.807, 2.05) is 44.2 Å². The molecule has 0 spiro atoms. The van der Waals surface area contributed by atoms with Crippen LogP contribution in [-0.2, 0) is 0 Å². The first-order valence-electron chi connectivity index (χ1n) is 6.97. The number of azo groups is 1. The molecule has 0 unspecified atom stereocenters. The molecule has 1 heterocycles. The maximum atomic E-state index is 10.6. The number of rotatable bonds is 5. The van der Waals surface area contributed by atoms with E-state index in [1.54, 1.807) is 0 Å².